The van der Waals surface area contributed by atoms with E-state index in [1.54, 1.807) is 28.8 Å². The summed E-state index contributed by atoms with van der Waals surface area (Å²) >= 11 is 1.11. The van der Waals surface area contributed by atoms with Gasteiger partial charge in [-0.05, 0) is 24.0 Å². The number of hydrogen-bond donors (Lipinski definition) is 0. The van der Waals surface area contributed by atoms with Gasteiger partial charge in [0.25, 0.3) is 0 Å². The first-order valence-corrected chi connectivity index (χ1v) is 12.5. The van der Waals surface area contributed by atoms with Crippen LogP contribution in [0.1, 0.15) is 42.3 Å². The van der Waals surface area contributed by atoms with Crippen molar-refractivity contribution in [2.45, 2.75) is 39.4 Å². The van der Waals surface area contributed by atoms with Crippen LogP contribution in [0.4, 0.5) is 13.2 Å². The van der Waals surface area contributed by atoms with Crippen LogP contribution in [0.2, 0.25) is 0 Å². The first-order valence-electron chi connectivity index (χ1n) is 11.7. The number of halogens is 3. The molecule has 10 heteroatoms. The number of imidazole rings is 1. The van der Waals surface area contributed by atoms with Crippen LogP contribution >= 0.6 is 11.3 Å². The van der Waals surface area contributed by atoms with Crippen LogP contribution in [0, 0.1) is 6.92 Å². The smallest absolute Gasteiger partial charge is 0.333 e. The molecule has 0 spiro atoms. The molecule has 0 fully saturated rings. The molecule has 0 saturated carbocycles. The molecule has 0 aliphatic heterocycles. The van der Waals surface area contributed by atoms with Crippen molar-refractivity contribution in [3.05, 3.63) is 86.9 Å². The lowest BCUT2D eigenvalue weighted by Gasteiger charge is -2.12. The number of thiazole rings is 1. The van der Waals surface area contributed by atoms with Crippen molar-refractivity contribution in [2.24, 2.45) is 7.05 Å². The Kier molecular flexibility index (Phi) is 6.23. The molecular formula is C27H24F3N5OS. The van der Waals surface area contributed by atoms with E-state index in [0.717, 1.165) is 44.6 Å². The monoisotopic (exact) mass is 523 g/mol. The molecule has 190 valence electrons. The third kappa shape index (κ3) is 4.69. The summed E-state index contributed by atoms with van der Waals surface area (Å²) in [6, 6.07) is 15.0. The first-order chi connectivity index (χ1) is 17.5. The van der Waals surface area contributed by atoms with Gasteiger partial charge in [0, 0.05) is 24.4 Å². The summed E-state index contributed by atoms with van der Waals surface area (Å²) < 4.78 is 42.8. The molecular weight excluding hydrogens is 499 g/mol. The predicted octanol–water partition coefficient (Wildman–Crippen LogP) is 6.42. The van der Waals surface area contributed by atoms with Gasteiger partial charge in [-0.15, -0.1) is 0 Å². The molecule has 3 heterocycles. The van der Waals surface area contributed by atoms with Crippen molar-refractivity contribution >= 4 is 21.7 Å². The Morgan fingerprint density at radius 1 is 1.00 bits per heavy atom. The molecule has 2 aromatic carbocycles. The molecule has 5 rings (SSSR count). The van der Waals surface area contributed by atoms with Gasteiger partial charge in [0.1, 0.15) is 5.82 Å². The van der Waals surface area contributed by atoms with Crippen LogP contribution in [0.3, 0.4) is 0 Å². The van der Waals surface area contributed by atoms with Crippen LogP contribution in [0.25, 0.3) is 33.1 Å². The molecule has 0 aliphatic carbocycles. The number of hydrogen-bond acceptors (Lipinski definition) is 5. The Labute approximate surface area is 215 Å². The molecule has 3 aromatic heterocycles. The average Bonchev–Trinajstić information content (AvgIpc) is 3.40. The van der Waals surface area contributed by atoms with Gasteiger partial charge in [-0.2, -0.15) is 13.2 Å². The van der Waals surface area contributed by atoms with E-state index in [1.807, 2.05) is 25.1 Å². The highest BCUT2D eigenvalue weighted by atomic mass is 32.1. The van der Waals surface area contributed by atoms with Crippen molar-refractivity contribution in [3.8, 4) is 22.8 Å². The van der Waals surface area contributed by atoms with E-state index in [9.17, 15) is 18.0 Å². The Morgan fingerprint density at radius 2 is 1.70 bits per heavy atom. The lowest BCUT2D eigenvalue weighted by Crippen LogP contribution is -2.14. The highest BCUT2D eigenvalue weighted by Gasteiger charge is 2.34. The number of fused-ring (bicyclic) bond motifs is 1. The Balaban J connectivity index is 1.51. The van der Waals surface area contributed by atoms with Crippen molar-refractivity contribution < 1.29 is 13.2 Å². The minimum atomic E-state index is -4.51. The lowest BCUT2D eigenvalue weighted by molar-refractivity contribution is -0.140. The van der Waals surface area contributed by atoms with Crippen LogP contribution in [-0.4, -0.2) is 24.1 Å². The largest absolute Gasteiger partial charge is 0.434 e. The number of alkyl halides is 3. The third-order valence-corrected chi connectivity index (χ3v) is 7.30. The Morgan fingerprint density at radius 3 is 2.35 bits per heavy atom. The van der Waals surface area contributed by atoms with Crippen molar-refractivity contribution in [1.82, 2.24) is 24.1 Å². The molecule has 37 heavy (non-hydrogen) atoms. The van der Waals surface area contributed by atoms with Crippen molar-refractivity contribution in [2.75, 3.05) is 0 Å². The predicted molar refractivity (Wildman–Crippen MR) is 139 cm³/mol. The van der Waals surface area contributed by atoms with Gasteiger partial charge in [-0.3, -0.25) is 9.36 Å². The van der Waals surface area contributed by atoms with Crippen LogP contribution in [-0.2, 0) is 19.8 Å². The molecule has 0 atom stereocenters. The first kappa shape index (κ1) is 24.9. The van der Waals surface area contributed by atoms with Gasteiger partial charge in [-0.25, -0.2) is 15.0 Å². The number of nitrogens with zero attached hydrogens (tertiary/aromatic N) is 5. The van der Waals surface area contributed by atoms with Crippen LogP contribution in [0.5, 0.6) is 0 Å². The number of aryl methyl sites for hydroxylation is 2. The fourth-order valence-corrected chi connectivity index (χ4v) is 5.23. The number of benzene rings is 2. The second kappa shape index (κ2) is 9.26. The van der Waals surface area contributed by atoms with Gasteiger partial charge in [0.05, 0.1) is 16.9 Å². The summed E-state index contributed by atoms with van der Waals surface area (Å²) in [7, 11) is 1.53. The zero-order valence-electron chi connectivity index (χ0n) is 20.7. The van der Waals surface area contributed by atoms with E-state index in [-0.39, 0.29) is 23.2 Å². The lowest BCUT2D eigenvalue weighted by atomic mass is 9.97. The second-order valence-electron chi connectivity index (χ2n) is 9.24. The third-order valence-electron chi connectivity index (χ3n) is 6.23. The molecule has 0 aliphatic rings. The summed E-state index contributed by atoms with van der Waals surface area (Å²) in [4.78, 5) is 26.1. The molecule has 0 bridgehead atoms. The maximum Gasteiger partial charge on any atom is 0.434 e. The summed E-state index contributed by atoms with van der Waals surface area (Å²) in [6.45, 7) is 6.38. The van der Waals surface area contributed by atoms with Gasteiger partial charge in [0.2, 0.25) is 0 Å². The van der Waals surface area contributed by atoms with E-state index < -0.39 is 11.9 Å². The van der Waals surface area contributed by atoms with Crippen LogP contribution in [0.15, 0.2) is 59.5 Å². The molecule has 0 radical (unpaired) electrons. The zero-order chi connectivity index (χ0) is 26.5. The summed E-state index contributed by atoms with van der Waals surface area (Å²) in [5.41, 5.74) is 3.81. The van der Waals surface area contributed by atoms with Crippen molar-refractivity contribution in [3.63, 3.8) is 0 Å². The maximum atomic E-state index is 13.0. The van der Waals surface area contributed by atoms with Gasteiger partial charge in [0.15, 0.2) is 17.2 Å². The fourth-order valence-electron chi connectivity index (χ4n) is 4.36. The van der Waals surface area contributed by atoms with E-state index in [0.29, 0.717) is 17.0 Å². The summed E-state index contributed by atoms with van der Waals surface area (Å²) in [6.07, 6.45) is -3.54. The van der Waals surface area contributed by atoms with E-state index in [2.05, 4.69) is 24.9 Å². The van der Waals surface area contributed by atoms with Crippen molar-refractivity contribution in [1.29, 1.82) is 0 Å². The van der Waals surface area contributed by atoms with Crippen LogP contribution < -0.4 is 4.87 Å². The zero-order valence-corrected chi connectivity index (χ0v) is 21.5. The minimum absolute atomic E-state index is 0.148. The van der Waals surface area contributed by atoms with Gasteiger partial charge in [-0.1, -0.05) is 73.7 Å². The highest BCUT2D eigenvalue weighted by Crippen LogP contribution is 2.32. The maximum absolute atomic E-state index is 13.0. The summed E-state index contributed by atoms with van der Waals surface area (Å²) in [5.74, 6) is 1.07. The minimum Gasteiger partial charge on any atom is -0.333 e. The highest BCUT2D eigenvalue weighted by molar-refractivity contribution is 7.16. The van der Waals surface area contributed by atoms with Gasteiger partial charge >= 0.3 is 11.0 Å². The van der Waals surface area contributed by atoms with E-state index >= 15 is 0 Å². The molecule has 0 saturated heterocycles. The molecule has 0 amide bonds. The average molecular weight is 524 g/mol. The topological polar surface area (TPSA) is 65.6 Å². The summed E-state index contributed by atoms with van der Waals surface area (Å²) in [5, 5.41) is 0. The molecule has 0 N–H and O–H groups in total. The van der Waals surface area contributed by atoms with E-state index in [4.69, 9.17) is 9.97 Å². The Hall–Kier alpha value is -3.79. The number of aromatic nitrogens is 5. The quantitative estimate of drug-likeness (QED) is 0.267. The SMILES string of the molecule is Cc1nc(-c2ccccc2C(C)C)nc2c1sc(=O)n2Cc1ccc(-c2nc(C(F)(F)F)cn2C)cc1. The van der Waals surface area contributed by atoms with Gasteiger partial charge < -0.3 is 4.57 Å². The second-order valence-corrected chi connectivity index (χ2v) is 10.2. The standard InChI is InChI=1S/C27H24F3N5OS/c1-15(2)19-7-5-6-8-20(19)23-31-16(3)22-25(33-23)35(26(36)37-22)13-17-9-11-18(12-10-17)24-32-21(14-34(24)4)27(28,29)30/h5-12,14-15H,13H2,1-4H3. The normalized spacial score (nSPS) is 12.1. The fraction of sp³-hybridized carbons (Fsp3) is 0.259. The number of rotatable bonds is 5. The molecule has 0 unspecified atom stereocenters. The molecule has 6 nitrogen and oxygen atoms in total. The molecule has 5 aromatic rings. The Bertz CT molecular complexity index is 1660. The van der Waals surface area contributed by atoms with E-state index in [1.165, 1.54) is 11.6 Å².